The summed E-state index contributed by atoms with van der Waals surface area (Å²) in [5.74, 6) is -0.539. The number of amides is 1. The molecular formula is C17H14N4O2S. The van der Waals surface area contributed by atoms with Crippen LogP contribution in [-0.4, -0.2) is 22.1 Å². The Kier molecular flexibility index (Phi) is 4.62. The summed E-state index contributed by atoms with van der Waals surface area (Å²) in [5.41, 5.74) is 4.35. The molecule has 2 N–H and O–H groups in total. The quantitative estimate of drug-likeness (QED) is 0.566. The lowest BCUT2D eigenvalue weighted by molar-refractivity contribution is 0.0949. The summed E-state index contributed by atoms with van der Waals surface area (Å²) in [6.45, 7) is 1.97. The normalized spacial score (nSPS) is 10.9. The zero-order valence-electron chi connectivity index (χ0n) is 12.8. The van der Waals surface area contributed by atoms with Crippen LogP contribution in [0.2, 0.25) is 0 Å². The molecule has 0 atom stereocenters. The third-order valence-electron chi connectivity index (χ3n) is 3.19. The van der Waals surface area contributed by atoms with Crippen LogP contribution in [0.25, 0.3) is 10.6 Å². The fourth-order valence-electron chi connectivity index (χ4n) is 2.11. The summed E-state index contributed by atoms with van der Waals surface area (Å²) in [4.78, 5) is 31.0. The molecule has 1 amide bonds. The minimum absolute atomic E-state index is 0.0172. The molecular weight excluding hydrogens is 324 g/mol. The van der Waals surface area contributed by atoms with Crippen molar-refractivity contribution in [3.63, 3.8) is 0 Å². The second kappa shape index (κ2) is 7.01. The average molecular weight is 338 g/mol. The standard InChI is InChI=1S/C17H14N4O2S/c1-11-4-2-5-12(8-11)10-18-21-16(22)14-9-13(19-17(23)20-14)15-6-3-7-24-15/h2-10H,1H3,(H,21,22)(H,19,20,23)/b18-10+. The monoisotopic (exact) mass is 338 g/mol. The Bertz CT molecular complexity index is 945. The van der Waals surface area contributed by atoms with Gasteiger partial charge in [0.25, 0.3) is 5.91 Å². The molecule has 3 aromatic rings. The van der Waals surface area contributed by atoms with Gasteiger partial charge in [-0.15, -0.1) is 11.3 Å². The van der Waals surface area contributed by atoms with Gasteiger partial charge in [-0.2, -0.15) is 10.1 Å². The molecule has 7 heteroatoms. The van der Waals surface area contributed by atoms with E-state index in [4.69, 9.17) is 0 Å². The average Bonchev–Trinajstić information content (AvgIpc) is 3.09. The maximum absolute atomic E-state index is 12.1. The fourth-order valence-corrected chi connectivity index (χ4v) is 2.81. The summed E-state index contributed by atoms with van der Waals surface area (Å²) >= 11 is 1.46. The minimum atomic E-state index is -0.575. The summed E-state index contributed by atoms with van der Waals surface area (Å²) in [5, 5.41) is 5.80. The Morgan fingerprint density at radius 2 is 2.17 bits per heavy atom. The SMILES string of the molecule is Cc1cccc(/C=N/NC(=O)c2cc(-c3cccs3)[nH]c(=O)n2)c1. The largest absolute Gasteiger partial charge is 0.346 e. The lowest BCUT2D eigenvalue weighted by atomic mass is 10.2. The maximum Gasteiger partial charge on any atom is 0.346 e. The van der Waals surface area contributed by atoms with Gasteiger partial charge in [0.2, 0.25) is 0 Å². The molecule has 1 aromatic carbocycles. The molecule has 0 aliphatic carbocycles. The van der Waals surface area contributed by atoms with Crippen LogP contribution in [0.15, 0.2) is 57.7 Å². The number of benzene rings is 1. The highest BCUT2D eigenvalue weighted by Crippen LogP contribution is 2.21. The van der Waals surface area contributed by atoms with Crippen molar-refractivity contribution in [2.75, 3.05) is 0 Å². The van der Waals surface area contributed by atoms with Gasteiger partial charge in [-0.3, -0.25) is 4.79 Å². The molecule has 24 heavy (non-hydrogen) atoms. The zero-order valence-corrected chi connectivity index (χ0v) is 13.6. The van der Waals surface area contributed by atoms with Crippen LogP contribution < -0.4 is 11.1 Å². The van der Waals surface area contributed by atoms with Crippen molar-refractivity contribution in [3.8, 4) is 10.6 Å². The lowest BCUT2D eigenvalue weighted by Crippen LogP contribution is -2.24. The topological polar surface area (TPSA) is 87.2 Å². The molecule has 0 saturated heterocycles. The summed E-state index contributed by atoms with van der Waals surface area (Å²) in [6.07, 6.45) is 1.54. The highest BCUT2D eigenvalue weighted by molar-refractivity contribution is 7.13. The third-order valence-corrected chi connectivity index (χ3v) is 4.09. The maximum atomic E-state index is 12.1. The number of hydrogen-bond donors (Lipinski definition) is 2. The molecule has 3 rings (SSSR count). The number of aromatic nitrogens is 2. The van der Waals surface area contributed by atoms with Gasteiger partial charge < -0.3 is 4.98 Å². The molecule has 0 aliphatic heterocycles. The van der Waals surface area contributed by atoms with Crippen LogP contribution in [0.5, 0.6) is 0 Å². The molecule has 0 unspecified atom stereocenters. The van der Waals surface area contributed by atoms with E-state index in [0.717, 1.165) is 16.0 Å². The van der Waals surface area contributed by atoms with Crippen LogP contribution in [0.1, 0.15) is 21.6 Å². The molecule has 0 spiro atoms. The summed E-state index contributed by atoms with van der Waals surface area (Å²) < 4.78 is 0. The number of rotatable bonds is 4. The molecule has 2 aromatic heterocycles. The first-order valence-electron chi connectivity index (χ1n) is 7.17. The Labute approximate surface area is 141 Å². The van der Waals surface area contributed by atoms with Crippen LogP contribution >= 0.6 is 11.3 Å². The number of hydrogen-bond acceptors (Lipinski definition) is 5. The van der Waals surface area contributed by atoms with Gasteiger partial charge in [-0.1, -0.05) is 35.9 Å². The van der Waals surface area contributed by atoms with Crippen molar-refractivity contribution in [2.45, 2.75) is 6.92 Å². The number of nitrogens with one attached hydrogen (secondary N) is 2. The van der Waals surface area contributed by atoms with Crippen molar-refractivity contribution in [2.24, 2.45) is 5.10 Å². The van der Waals surface area contributed by atoms with Gasteiger partial charge in [-0.05, 0) is 30.0 Å². The molecule has 0 saturated carbocycles. The first-order valence-corrected chi connectivity index (χ1v) is 8.05. The third kappa shape index (κ3) is 3.82. The number of thiophene rings is 1. The Hall–Kier alpha value is -3.06. The second-order valence-electron chi connectivity index (χ2n) is 5.08. The van der Waals surface area contributed by atoms with Gasteiger partial charge in [0, 0.05) is 0 Å². The van der Waals surface area contributed by atoms with Crippen LogP contribution in [0, 0.1) is 6.92 Å². The van der Waals surface area contributed by atoms with Crippen LogP contribution in [0.3, 0.4) is 0 Å². The van der Waals surface area contributed by atoms with E-state index in [2.05, 4.69) is 20.5 Å². The smallest absolute Gasteiger partial charge is 0.305 e. The van der Waals surface area contributed by atoms with E-state index < -0.39 is 11.6 Å². The van der Waals surface area contributed by atoms with E-state index in [1.54, 1.807) is 0 Å². The Balaban J connectivity index is 1.77. The van der Waals surface area contributed by atoms with E-state index in [1.807, 2.05) is 48.7 Å². The number of aryl methyl sites for hydroxylation is 1. The predicted molar refractivity (Wildman–Crippen MR) is 94.4 cm³/mol. The van der Waals surface area contributed by atoms with E-state index in [0.29, 0.717) is 5.69 Å². The van der Waals surface area contributed by atoms with Crippen LogP contribution in [0.4, 0.5) is 0 Å². The van der Waals surface area contributed by atoms with Gasteiger partial charge in [0.15, 0.2) is 0 Å². The summed E-state index contributed by atoms with van der Waals surface area (Å²) in [6, 6.07) is 13.0. The zero-order chi connectivity index (χ0) is 16.9. The second-order valence-corrected chi connectivity index (χ2v) is 6.02. The van der Waals surface area contributed by atoms with Gasteiger partial charge in [0.05, 0.1) is 16.8 Å². The number of carbonyl (C=O) groups excluding carboxylic acids is 1. The van der Waals surface area contributed by atoms with Gasteiger partial charge >= 0.3 is 5.69 Å². The number of aromatic amines is 1. The lowest BCUT2D eigenvalue weighted by Gasteiger charge is -2.02. The molecule has 0 radical (unpaired) electrons. The van der Waals surface area contributed by atoms with E-state index >= 15 is 0 Å². The minimum Gasteiger partial charge on any atom is -0.305 e. The van der Waals surface area contributed by atoms with Gasteiger partial charge in [0.1, 0.15) is 5.69 Å². The number of H-pyrrole nitrogens is 1. The van der Waals surface area contributed by atoms with Gasteiger partial charge in [-0.25, -0.2) is 10.2 Å². The van der Waals surface area contributed by atoms with Crippen molar-refractivity contribution < 1.29 is 4.79 Å². The van der Waals surface area contributed by atoms with E-state index in [9.17, 15) is 9.59 Å². The number of hydrazone groups is 1. The molecule has 6 nitrogen and oxygen atoms in total. The van der Waals surface area contributed by atoms with E-state index in [-0.39, 0.29) is 5.69 Å². The van der Waals surface area contributed by atoms with Crippen molar-refractivity contribution in [3.05, 3.63) is 75.1 Å². The molecule has 0 bridgehead atoms. The molecule has 120 valence electrons. The Morgan fingerprint density at radius 1 is 1.29 bits per heavy atom. The fraction of sp³-hybridized carbons (Fsp3) is 0.0588. The van der Waals surface area contributed by atoms with E-state index in [1.165, 1.54) is 23.6 Å². The number of nitrogens with zero attached hydrogens (tertiary/aromatic N) is 2. The molecule has 0 fully saturated rings. The van der Waals surface area contributed by atoms with Crippen molar-refractivity contribution >= 4 is 23.5 Å². The Morgan fingerprint density at radius 3 is 2.92 bits per heavy atom. The first kappa shape index (κ1) is 15.8. The summed E-state index contributed by atoms with van der Waals surface area (Å²) in [7, 11) is 0. The molecule has 2 heterocycles. The van der Waals surface area contributed by atoms with Crippen molar-refractivity contribution in [1.82, 2.24) is 15.4 Å². The molecule has 0 aliphatic rings. The van der Waals surface area contributed by atoms with Crippen LogP contribution in [-0.2, 0) is 0 Å². The predicted octanol–water partition coefficient (Wildman–Crippen LogP) is 2.57. The highest BCUT2D eigenvalue weighted by Gasteiger charge is 2.10. The highest BCUT2D eigenvalue weighted by atomic mass is 32.1. The first-order chi connectivity index (χ1) is 11.6. The van der Waals surface area contributed by atoms with Crippen molar-refractivity contribution in [1.29, 1.82) is 0 Å². The number of carbonyl (C=O) groups is 1.